The topological polar surface area (TPSA) is 0 Å². The highest BCUT2D eigenvalue weighted by molar-refractivity contribution is 5.25. The first-order valence-corrected chi connectivity index (χ1v) is 6.78. The predicted octanol–water partition coefficient (Wildman–Crippen LogP) is 5.40. The van der Waals surface area contributed by atoms with Gasteiger partial charge >= 0.3 is 0 Å². The zero-order chi connectivity index (χ0) is 13.2. The molecule has 0 fully saturated rings. The van der Waals surface area contributed by atoms with Gasteiger partial charge in [-0.05, 0) is 44.2 Å². The van der Waals surface area contributed by atoms with Gasteiger partial charge in [-0.15, -0.1) is 0 Å². The minimum Gasteiger partial charge on any atom is -0.0874 e. The monoisotopic (exact) mass is 240 g/mol. The average molecular weight is 240 g/mol. The van der Waals surface area contributed by atoms with E-state index >= 15 is 0 Å². The molecule has 0 aliphatic carbocycles. The van der Waals surface area contributed by atoms with Crippen LogP contribution in [0.25, 0.3) is 0 Å². The molecule has 0 atom stereocenters. The standard InChI is InChI=1S/C18H24/c1-4-9-17(10-5-2)12-6-7-13-18-14-8-11-16(3)15-18/h4,6-11,14-15H,5,12-13H2,1-3H3/b7-6-,9-4-,17-10+. The van der Waals surface area contributed by atoms with Gasteiger partial charge in [0, 0.05) is 0 Å². The maximum Gasteiger partial charge on any atom is -0.00972 e. The molecule has 0 amide bonds. The summed E-state index contributed by atoms with van der Waals surface area (Å²) in [6.07, 6.45) is 14.3. The Labute approximate surface area is 112 Å². The maximum absolute atomic E-state index is 2.29. The van der Waals surface area contributed by atoms with E-state index in [1.54, 1.807) is 0 Å². The van der Waals surface area contributed by atoms with Crippen molar-refractivity contribution in [1.29, 1.82) is 0 Å². The first kappa shape index (κ1) is 14.5. The Morgan fingerprint density at radius 3 is 2.72 bits per heavy atom. The minimum atomic E-state index is 1.02. The van der Waals surface area contributed by atoms with Crippen LogP contribution in [-0.4, -0.2) is 0 Å². The Kier molecular flexibility index (Phi) is 6.86. The van der Waals surface area contributed by atoms with Gasteiger partial charge in [0.25, 0.3) is 0 Å². The number of hydrogen-bond donors (Lipinski definition) is 0. The molecular weight excluding hydrogens is 216 g/mol. The summed E-state index contributed by atoms with van der Waals surface area (Å²) in [5.74, 6) is 0. The van der Waals surface area contributed by atoms with E-state index in [1.165, 1.54) is 16.7 Å². The van der Waals surface area contributed by atoms with Crippen LogP contribution in [0.3, 0.4) is 0 Å². The van der Waals surface area contributed by atoms with Gasteiger partial charge in [0.1, 0.15) is 0 Å². The molecule has 0 bridgehead atoms. The van der Waals surface area contributed by atoms with E-state index in [2.05, 4.69) is 75.4 Å². The molecule has 0 aliphatic rings. The molecule has 0 unspecified atom stereocenters. The van der Waals surface area contributed by atoms with Gasteiger partial charge in [-0.1, -0.05) is 67.1 Å². The summed E-state index contributed by atoms with van der Waals surface area (Å²) in [6.45, 7) is 6.39. The predicted molar refractivity (Wildman–Crippen MR) is 81.8 cm³/mol. The van der Waals surface area contributed by atoms with Crippen molar-refractivity contribution < 1.29 is 0 Å². The van der Waals surface area contributed by atoms with Crippen LogP contribution in [0.5, 0.6) is 0 Å². The normalized spacial score (nSPS) is 12.7. The smallest absolute Gasteiger partial charge is 0.00972 e. The fourth-order valence-electron chi connectivity index (χ4n) is 1.97. The van der Waals surface area contributed by atoms with E-state index in [-0.39, 0.29) is 0 Å². The summed E-state index contributed by atoms with van der Waals surface area (Å²) in [6, 6.07) is 8.70. The van der Waals surface area contributed by atoms with Crippen LogP contribution in [0.2, 0.25) is 0 Å². The van der Waals surface area contributed by atoms with Gasteiger partial charge in [-0.2, -0.15) is 0 Å². The van der Waals surface area contributed by atoms with Crippen LogP contribution in [0.1, 0.15) is 37.8 Å². The van der Waals surface area contributed by atoms with Crippen LogP contribution in [0.4, 0.5) is 0 Å². The zero-order valence-corrected chi connectivity index (χ0v) is 11.8. The molecule has 0 radical (unpaired) electrons. The van der Waals surface area contributed by atoms with Crippen LogP contribution in [0.15, 0.2) is 60.2 Å². The first-order valence-electron chi connectivity index (χ1n) is 6.78. The number of allylic oxidation sites excluding steroid dienone is 6. The molecule has 1 rings (SSSR count). The highest BCUT2D eigenvalue weighted by Gasteiger charge is 1.90. The Balaban J connectivity index is 2.48. The molecule has 0 aliphatic heterocycles. The number of rotatable bonds is 6. The molecule has 0 nitrogen and oxygen atoms in total. The average Bonchev–Trinajstić information content (AvgIpc) is 2.35. The van der Waals surface area contributed by atoms with Gasteiger partial charge < -0.3 is 0 Å². The Morgan fingerprint density at radius 1 is 1.22 bits per heavy atom. The van der Waals surface area contributed by atoms with Gasteiger partial charge in [0.05, 0.1) is 0 Å². The fourth-order valence-corrected chi connectivity index (χ4v) is 1.97. The van der Waals surface area contributed by atoms with E-state index in [4.69, 9.17) is 0 Å². The third-order valence-corrected chi connectivity index (χ3v) is 2.80. The molecule has 0 heterocycles. The van der Waals surface area contributed by atoms with Crippen molar-refractivity contribution in [2.24, 2.45) is 0 Å². The molecule has 1 aromatic carbocycles. The summed E-state index contributed by atoms with van der Waals surface area (Å²) < 4.78 is 0. The van der Waals surface area contributed by atoms with Crippen molar-refractivity contribution >= 4 is 0 Å². The van der Waals surface area contributed by atoms with Gasteiger partial charge in [0.15, 0.2) is 0 Å². The van der Waals surface area contributed by atoms with E-state index < -0.39 is 0 Å². The molecule has 18 heavy (non-hydrogen) atoms. The number of hydrogen-bond acceptors (Lipinski definition) is 0. The SMILES string of the molecule is C/C=C\C(=C/CC)C/C=C\Cc1cccc(C)c1. The first-order chi connectivity index (χ1) is 8.76. The molecule has 96 valence electrons. The Morgan fingerprint density at radius 2 is 2.06 bits per heavy atom. The van der Waals surface area contributed by atoms with Crippen LogP contribution in [0, 0.1) is 6.92 Å². The molecule has 0 N–H and O–H groups in total. The second-order valence-corrected chi connectivity index (χ2v) is 4.56. The second-order valence-electron chi connectivity index (χ2n) is 4.56. The third-order valence-electron chi connectivity index (χ3n) is 2.80. The molecule has 1 aromatic rings. The Hall–Kier alpha value is -1.56. The third kappa shape index (κ3) is 5.67. The lowest BCUT2D eigenvalue weighted by atomic mass is 10.1. The summed E-state index contributed by atoms with van der Waals surface area (Å²) in [5, 5.41) is 0. The largest absolute Gasteiger partial charge is 0.0874 e. The minimum absolute atomic E-state index is 1.02. The summed E-state index contributed by atoms with van der Waals surface area (Å²) in [7, 11) is 0. The van der Waals surface area contributed by atoms with E-state index in [1.807, 2.05) is 0 Å². The second kappa shape index (κ2) is 8.52. The lowest BCUT2D eigenvalue weighted by Crippen LogP contribution is -1.82. The lowest BCUT2D eigenvalue weighted by molar-refractivity contribution is 1.15. The molecule has 0 saturated carbocycles. The number of benzene rings is 1. The summed E-state index contributed by atoms with van der Waals surface area (Å²) >= 11 is 0. The molecular formula is C18H24. The maximum atomic E-state index is 2.29. The Bertz CT molecular complexity index is 433. The molecule has 0 spiro atoms. The quantitative estimate of drug-likeness (QED) is 0.461. The highest BCUT2D eigenvalue weighted by atomic mass is 14.0. The zero-order valence-electron chi connectivity index (χ0n) is 11.8. The van der Waals surface area contributed by atoms with Crippen molar-refractivity contribution in [3.05, 3.63) is 71.3 Å². The highest BCUT2D eigenvalue weighted by Crippen LogP contribution is 2.08. The van der Waals surface area contributed by atoms with Gasteiger partial charge in [-0.25, -0.2) is 0 Å². The molecule has 0 saturated heterocycles. The van der Waals surface area contributed by atoms with Gasteiger partial charge in [0.2, 0.25) is 0 Å². The summed E-state index contributed by atoms with van der Waals surface area (Å²) in [4.78, 5) is 0. The van der Waals surface area contributed by atoms with Crippen molar-refractivity contribution in [2.45, 2.75) is 40.0 Å². The fraction of sp³-hybridized carbons (Fsp3) is 0.333. The van der Waals surface area contributed by atoms with Crippen molar-refractivity contribution in [1.82, 2.24) is 0 Å². The number of aryl methyl sites for hydroxylation is 1. The molecule has 0 aromatic heterocycles. The van der Waals surface area contributed by atoms with Crippen molar-refractivity contribution in [3.63, 3.8) is 0 Å². The van der Waals surface area contributed by atoms with E-state index in [9.17, 15) is 0 Å². The lowest BCUT2D eigenvalue weighted by Gasteiger charge is -1.99. The summed E-state index contributed by atoms with van der Waals surface area (Å²) in [5.41, 5.74) is 4.13. The van der Waals surface area contributed by atoms with E-state index in [0.29, 0.717) is 0 Å². The van der Waals surface area contributed by atoms with Crippen molar-refractivity contribution in [2.75, 3.05) is 0 Å². The van der Waals surface area contributed by atoms with Gasteiger partial charge in [-0.3, -0.25) is 0 Å². The van der Waals surface area contributed by atoms with Crippen LogP contribution in [-0.2, 0) is 6.42 Å². The van der Waals surface area contributed by atoms with Crippen LogP contribution >= 0.6 is 0 Å². The van der Waals surface area contributed by atoms with Crippen molar-refractivity contribution in [3.8, 4) is 0 Å². The van der Waals surface area contributed by atoms with E-state index in [0.717, 1.165) is 19.3 Å². The molecule has 0 heteroatoms. The van der Waals surface area contributed by atoms with Crippen LogP contribution < -0.4 is 0 Å².